The Hall–Kier alpha value is -3.73. The van der Waals surface area contributed by atoms with E-state index in [2.05, 4.69) is 4.98 Å². The molecule has 0 saturated heterocycles. The Morgan fingerprint density at radius 2 is 1.78 bits per heavy atom. The molecule has 0 aliphatic heterocycles. The van der Waals surface area contributed by atoms with Gasteiger partial charge in [-0.25, -0.2) is 4.79 Å². The van der Waals surface area contributed by atoms with Gasteiger partial charge in [0, 0.05) is 23.2 Å². The number of fused-ring (bicyclic) bond motifs is 3. The van der Waals surface area contributed by atoms with Crippen molar-refractivity contribution < 1.29 is 14.3 Å². The van der Waals surface area contributed by atoms with Gasteiger partial charge in [-0.15, -0.1) is 0 Å². The molecule has 0 radical (unpaired) electrons. The molecular weight excluding hydrogens is 342 g/mol. The third-order valence-corrected chi connectivity index (χ3v) is 4.62. The molecule has 5 nitrogen and oxygen atoms in total. The van der Waals surface area contributed by atoms with Crippen LogP contribution in [0, 0.1) is 0 Å². The largest absolute Gasteiger partial charge is 0.465 e. The van der Waals surface area contributed by atoms with Crippen molar-refractivity contribution in [3.8, 4) is 11.1 Å². The molecule has 0 unspecified atom stereocenters. The van der Waals surface area contributed by atoms with E-state index < -0.39 is 5.97 Å². The predicted molar refractivity (Wildman–Crippen MR) is 104 cm³/mol. The van der Waals surface area contributed by atoms with Crippen molar-refractivity contribution in [1.82, 2.24) is 4.98 Å². The number of aldehydes is 1. The molecular formula is C22H15NO4. The maximum atomic E-state index is 12.2. The maximum absolute atomic E-state index is 12.2. The van der Waals surface area contributed by atoms with Gasteiger partial charge in [-0.1, -0.05) is 30.3 Å². The second-order valence-corrected chi connectivity index (χ2v) is 6.22. The smallest absolute Gasteiger partial charge is 0.338 e. The lowest BCUT2D eigenvalue weighted by molar-refractivity contribution is 0.0603. The van der Waals surface area contributed by atoms with Crippen molar-refractivity contribution in [2.45, 2.75) is 0 Å². The van der Waals surface area contributed by atoms with Gasteiger partial charge in [-0.2, -0.15) is 0 Å². The first kappa shape index (κ1) is 16.7. The molecule has 0 atom stereocenters. The van der Waals surface area contributed by atoms with E-state index in [4.69, 9.17) is 4.74 Å². The summed E-state index contributed by atoms with van der Waals surface area (Å²) >= 11 is 0. The number of methoxy groups -OCH3 is 1. The van der Waals surface area contributed by atoms with Gasteiger partial charge in [0.1, 0.15) is 6.29 Å². The number of hydrogen-bond acceptors (Lipinski definition) is 4. The van der Waals surface area contributed by atoms with Crippen molar-refractivity contribution in [3.05, 3.63) is 82.3 Å². The van der Waals surface area contributed by atoms with Crippen LogP contribution in [0.3, 0.4) is 0 Å². The molecule has 132 valence electrons. The number of carbonyl (C=O) groups is 2. The van der Waals surface area contributed by atoms with Crippen LogP contribution >= 0.6 is 0 Å². The molecule has 0 bridgehead atoms. The van der Waals surface area contributed by atoms with E-state index in [0.717, 1.165) is 33.6 Å². The number of benzene rings is 3. The maximum Gasteiger partial charge on any atom is 0.338 e. The first-order chi connectivity index (χ1) is 13.1. The van der Waals surface area contributed by atoms with Crippen LogP contribution in [0.2, 0.25) is 0 Å². The van der Waals surface area contributed by atoms with Crippen LogP contribution in [0.25, 0.3) is 32.7 Å². The van der Waals surface area contributed by atoms with E-state index in [1.807, 2.05) is 36.4 Å². The van der Waals surface area contributed by atoms with Gasteiger partial charge in [0.25, 0.3) is 0 Å². The minimum Gasteiger partial charge on any atom is -0.465 e. The molecule has 1 heterocycles. The number of esters is 1. The highest BCUT2D eigenvalue weighted by molar-refractivity contribution is 6.16. The van der Waals surface area contributed by atoms with Crippen LogP contribution < -0.4 is 5.56 Å². The highest BCUT2D eigenvalue weighted by Gasteiger charge is 2.15. The average molecular weight is 357 g/mol. The number of aromatic nitrogens is 1. The number of hydrogen-bond donors (Lipinski definition) is 1. The molecule has 4 aromatic rings. The molecule has 0 aliphatic carbocycles. The fourth-order valence-corrected chi connectivity index (χ4v) is 3.33. The lowest BCUT2D eigenvalue weighted by atomic mass is 9.94. The summed E-state index contributed by atoms with van der Waals surface area (Å²) < 4.78 is 4.90. The molecule has 0 fully saturated rings. The SMILES string of the molecule is COC(=O)c1cc2cc(=O)[nH]cc2c2cc(-c3cccc(C=O)c3)ccc12. The highest BCUT2D eigenvalue weighted by Crippen LogP contribution is 2.32. The third kappa shape index (κ3) is 2.89. The highest BCUT2D eigenvalue weighted by atomic mass is 16.5. The van der Waals surface area contributed by atoms with Crippen LogP contribution in [0.1, 0.15) is 20.7 Å². The number of pyridine rings is 1. The predicted octanol–water partition coefficient (Wildman–Crippen LogP) is 3.95. The van der Waals surface area contributed by atoms with Crippen LogP contribution in [-0.4, -0.2) is 24.3 Å². The number of carbonyl (C=O) groups excluding carboxylic acids is 2. The van der Waals surface area contributed by atoms with Gasteiger partial charge in [0.05, 0.1) is 12.7 Å². The van der Waals surface area contributed by atoms with Crippen molar-refractivity contribution in [2.24, 2.45) is 0 Å². The second-order valence-electron chi connectivity index (χ2n) is 6.22. The number of H-pyrrole nitrogens is 1. The summed E-state index contributed by atoms with van der Waals surface area (Å²) in [5.41, 5.74) is 2.54. The van der Waals surface area contributed by atoms with E-state index in [9.17, 15) is 14.4 Å². The number of nitrogens with one attached hydrogen (secondary N) is 1. The van der Waals surface area contributed by atoms with Gasteiger partial charge in [0.15, 0.2) is 0 Å². The quantitative estimate of drug-likeness (QED) is 0.342. The molecule has 4 rings (SSSR count). The van der Waals surface area contributed by atoms with Gasteiger partial charge in [-0.3, -0.25) is 9.59 Å². The Morgan fingerprint density at radius 1 is 0.963 bits per heavy atom. The van der Waals surface area contributed by atoms with Crippen LogP contribution in [0.4, 0.5) is 0 Å². The first-order valence-corrected chi connectivity index (χ1v) is 8.34. The van der Waals surface area contributed by atoms with E-state index in [-0.39, 0.29) is 5.56 Å². The lowest BCUT2D eigenvalue weighted by Crippen LogP contribution is -2.05. The van der Waals surface area contributed by atoms with Gasteiger partial charge in [-0.05, 0) is 45.5 Å². The lowest BCUT2D eigenvalue weighted by Gasteiger charge is -2.11. The molecule has 27 heavy (non-hydrogen) atoms. The Kier molecular flexibility index (Phi) is 4.05. The van der Waals surface area contributed by atoms with E-state index in [1.54, 1.807) is 18.3 Å². The fourth-order valence-electron chi connectivity index (χ4n) is 3.33. The molecule has 5 heteroatoms. The van der Waals surface area contributed by atoms with Crippen molar-refractivity contribution in [3.63, 3.8) is 0 Å². The summed E-state index contributed by atoms with van der Waals surface area (Å²) in [5, 5.41) is 3.03. The molecule has 1 aromatic heterocycles. The standard InChI is InChI=1S/C22H15NO4/c1-27-22(26)19-9-16-10-21(25)23-11-20(16)18-8-15(5-6-17(18)19)14-4-2-3-13(7-14)12-24/h2-12H,1H3,(H,23,25). The monoisotopic (exact) mass is 357 g/mol. The van der Waals surface area contributed by atoms with Crippen molar-refractivity contribution >= 4 is 33.8 Å². The summed E-state index contributed by atoms with van der Waals surface area (Å²) in [6.07, 6.45) is 2.45. The van der Waals surface area contributed by atoms with Crippen LogP contribution in [-0.2, 0) is 4.74 Å². The second kappa shape index (κ2) is 6.53. The van der Waals surface area contributed by atoms with E-state index in [1.165, 1.54) is 13.2 Å². The summed E-state index contributed by atoms with van der Waals surface area (Å²) in [7, 11) is 1.33. The number of rotatable bonds is 3. The molecule has 1 N–H and O–H groups in total. The van der Waals surface area contributed by atoms with Gasteiger partial charge < -0.3 is 9.72 Å². The summed E-state index contributed by atoms with van der Waals surface area (Å²) in [4.78, 5) is 37.7. The molecule has 0 spiro atoms. The Balaban J connectivity index is 2.06. The normalized spacial score (nSPS) is 10.9. The minimum atomic E-state index is -0.460. The van der Waals surface area contributed by atoms with Gasteiger partial charge >= 0.3 is 5.97 Å². The number of ether oxygens (including phenoxy) is 1. The Bertz CT molecular complexity index is 1270. The first-order valence-electron chi connectivity index (χ1n) is 8.34. The Morgan fingerprint density at radius 3 is 2.56 bits per heavy atom. The molecule has 3 aromatic carbocycles. The zero-order valence-corrected chi connectivity index (χ0v) is 14.5. The zero-order chi connectivity index (χ0) is 19.0. The minimum absolute atomic E-state index is 0.243. The average Bonchev–Trinajstić information content (AvgIpc) is 2.71. The van der Waals surface area contributed by atoms with Crippen LogP contribution in [0.5, 0.6) is 0 Å². The molecule has 0 saturated carbocycles. The third-order valence-electron chi connectivity index (χ3n) is 4.62. The number of aromatic amines is 1. The Labute approximate surface area is 154 Å². The fraction of sp³-hybridized carbons (Fsp3) is 0.0455. The van der Waals surface area contributed by atoms with E-state index >= 15 is 0 Å². The van der Waals surface area contributed by atoms with Crippen LogP contribution in [0.15, 0.2) is 65.6 Å². The van der Waals surface area contributed by atoms with Crippen molar-refractivity contribution in [1.29, 1.82) is 0 Å². The molecule has 0 amide bonds. The summed E-state index contributed by atoms with van der Waals surface area (Å²) in [6, 6.07) is 16.1. The summed E-state index contributed by atoms with van der Waals surface area (Å²) in [5.74, 6) is -0.460. The van der Waals surface area contributed by atoms with Gasteiger partial charge in [0.2, 0.25) is 5.56 Å². The summed E-state index contributed by atoms with van der Waals surface area (Å²) in [6.45, 7) is 0. The molecule has 0 aliphatic rings. The van der Waals surface area contributed by atoms with E-state index in [0.29, 0.717) is 16.5 Å². The zero-order valence-electron chi connectivity index (χ0n) is 14.5. The topological polar surface area (TPSA) is 76.2 Å². The van der Waals surface area contributed by atoms with Crippen molar-refractivity contribution in [2.75, 3.05) is 7.11 Å².